The Labute approximate surface area is 200 Å². The third-order valence-electron chi connectivity index (χ3n) is 6.09. The van der Waals surface area contributed by atoms with E-state index in [-0.39, 0.29) is 6.42 Å². The van der Waals surface area contributed by atoms with Crippen molar-refractivity contribution >= 4 is 11.7 Å². The molecular weight excluding hydrogens is 465 g/mol. The van der Waals surface area contributed by atoms with Crippen LogP contribution in [0.15, 0.2) is 29.2 Å². The molecule has 3 aromatic heterocycles. The van der Waals surface area contributed by atoms with Crippen molar-refractivity contribution < 1.29 is 27.1 Å². The lowest BCUT2D eigenvalue weighted by Gasteiger charge is -2.29. The highest BCUT2D eigenvalue weighted by molar-refractivity contribution is 5.75. The summed E-state index contributed by atoms with van der Waals surface area (Å²) in [5.41, 5.74) is 1.07. The standard InChI is InChI=1S/C23H29F3N6O3/c1-3-32-15(2)20-28-13-18(35-20)17-14-31-11-10-27-19(31)21(30-17)34-12-6-4-5-7-16(29-22(32)33)8-9-23(24,25)26/h10-11,13-16H,3-9,12H2,1-2H3,(H,29,33)/t15?,16-/m1/s1. The Hall–Kier alpha value is -3.31. The van der Waals surface area contributed by atoms with E-state index >= 15 is 0 Å². The van der Waals surface area contributed by atoms with E-state index in [0.29, 0.717) is 61.3 Å². The summed E-state index contributed by atoms with van der Waals surface area (Å²) in [6, 6.07) is -1.58. The van der Waals surface area contributed by atoms with Crippen LogP contribution in [0.25, 0.3) is 17.1 Å². The van der Waals surface area contributed by atoms with E-state index in [2.05, 4.69) is 20.3 Å². The molecule has 0 aromatic carbocycles. The second-order valence-corrected chi connectivity index (χ2v) is 8.61. The molecule has 4 rings (SSSR count). The number of nitrogens with zero attached hydrogens (tertiary/aromatic N) is 5. The third kappa shape index (κ3) is 6.04. The summed E-state index contributed by atoms with van der Waals surface area (Å²) < 4.78 is 52.2. The highest BCUT2D eigenvalue weighted by atomic mass is 19.4. The molecule has 3 aromatic rings. The maximum absolute atomic E-state index is 13.0. The van der Waals surface area contributed by atoms with Crippen LogP contribution >= 0.6 is 0 Å². The Morgan fingerprint density at radius 1 is 1.23 bits per heavy atom. The van der Waals surface area contributed by atoms with Crippen LogP contribution in [0.1, 0.15) is 64.3 Å². The summed E-state index contributed by atoms with van der Waals surface area (Å²) in [5, 5.41) is 2.80. The predicted molar refractivity (Wildman–Crippen MR) is 121 cm³/mol. The van der Waals surface area contributed by atoms with Gasteiger partial charge in [-0.15, -0.1) is 0 Å². The Kier molecular flexibility index (Phi) is 7.46. The van der Waals surface area contributed by atoms with Crippen LogP contribution in [-0.4, -0.2) is 55.7 Å². The SMILES string of the molecule is CCN1C(=O)N[C@@H](CCC(F)(F)F)CCCCCOc2nc(cn3ccnc23)-c2cnc(o2)C1C. The highest BCUT2D eigenvalue weighted by Gasteiger charge is 2.30. The molecule has 2 amide bonds. The van der Waals surface area contributed by atoms with Crippen molar-refractivity contribution in [3.05, 3.63) is 30.7 Å². The first-order chi connectivity index (χ1) is 16.7. The van der Waals surface area contributed by atoms with Gasteiger partial charge in [-0.2, -0.15) is 13.2 Å². The van der Waals surface area contributed by atoms with Crippen molar-refractivity contribution in [1.29, 1.82) is 0 Å². The van der Waals surface area contributed by atoms with E-state index in [0.717, 1.165) is 6.42 Å². The van der Waals surface area contributed by atoms with Crippen molar-refractivity contribution in [3.63, 3.8) is 0 Å². The van der Waals surface area contributed by atoms with Crippen LogP contribution in [0.3, 0.4) is 0 Å². The maximum atomic E-state index is 13.0. The van der Waals surface area contributed by atoms with Gasteiger partial charge < -0.3 is 23.8 Å². The fourth-order valence-electron chi connectivity index (χ4n) is 4.17. The van der Waals surface area contributed by atoms with Crippen molar-refractivity contribution in [2.45, 2.75) is 70.6 Å². The van der Waals surface area contributed by atoms with Gasteiger partial charge in [0.05, 0.1) is 12.8 Å². The summed E-state index contributed by atoms with van der Waals surface area (Å²) in [4.78, 5) is 27.7. The number of carbonyl (C=O) groups is 1. The number of amides is 2. The third-order valence-corrected chi connectivity index (χ3v) is 6.09. The number of oxazole rings is 1. The number of aromatic nitrogens is 4. The van der Waals surface area contributed by atoms with Crippen LogP contribution in [0, 0.1) is 0 Å². The first-order valence-electron chi connectivity index (χ1n) is 11.8. The number of hydrogen-bond acceptors (Lipinski definition) is 6. The molecule has 1 aliphatic rings. The van der Waals surface area contributed by atoms with Crippen molar-refractivity contribution in [2.75, 3.05) is 13.2 Å². The highest BCUT2D eigenvalue weighted by Crippen LogP contribution is 2.29. The van der Waals surface area contributed by atoms with Crippen LogP contribution < -0.4 is 10.1 Å². The zero-order chi connectivity index (χ0) is 25.0. The number of ether oxygens (including phenoxy) is 1. The molecule has 1 aliphatic heterocycles. The van der Waals surface area contributed by atoms with Gasteiger partial charge in [-0.1, -0.05) is 6.42 Å². The fraction of sp³-hybridized carbons (Fsp3) is 0.565. The minimum absolute atomic E-state index is 0.172. The molecule has 1 N–H and O–H groups in total. The Morgan fingerprint density at radius 3 is 2.83 bits per heavy atom. The van der Waals surface area contributed by atoms with Gasteiger partial charge in [0.25, 0.3) is 5.88 Å². The lowest BCUT2D eigenvalue weighted by atomic mass is 10.0. The van der Waals surface area contributed by atoms with Crippen LogP contribution in [0.2, 0.25) is 0 Å². The zero-order valence-electron chi connectivity index (χ0n) is 19.7. The average Bonchev–Trinajstić information content (AvgIpc) is 3.48. The van der Waals surface area contributed by atoms with E-state index in [1.54, 1.807) is 36.8 Å². The number of rotatable bonds is 3. The molecule has 0 spiro atoms. The number of hydrogen-bond donors (Lipinski definition) is 1. The van der Waals surface area contributed by atoms with E-state index in [1.807, 2.05) is 0 Å². The Morgan fingerprint density at radius 2 is 2.06 bits per heavy atom. The largest absolute Gasteiger partial charge is 0.475 e. The maximum Gasteiger partial charge on any atom is 0.389 e. The zero-order valence-corrected chi connectivity index (χ0v) is 19.7. The molecule has 2 atom stereocenters. The summed E-state index contributed by atoms with van der Waals surface area (Å²) in [6.45, 7) is 4.26. The lowest BCUT2D eigenvalue weighted by molar-refractivity contribution is -0.136. The number of halogens is 3. The Balaban J connectivity index is 1.63. The normalized spacial score (nSPS) is 20.4. The number of imidazole rings is 1. The minimum Gasteiger partial charge on any atom is -0.475 e. The van der Waals surface area contributed by atoms with Crippen LogP contribution in [-0.2, 0) is 0 Å². The first-order valence-corrected chi connectivity index (χ1v) is 11.8. The van der Waals surface area contributed by atoms with Gasteiger partial charge in [-0.05, 0) is 39.5 Å². The van der Waals surface area contributed by atoms with Gasteiger partial charge in [-0.3, -0.25) is 0 Å². The second kappa shape index (κ2) is 10.5. The van der Waals surface area contributed by atoms with Gasteiger partial charge in [0.2, 0.25) is 11.5 Å². The summed E-state index contributed by atoms with van der Waals surface area (Å²) >= 11 is 0. The number of urea groups is 1. The molecular formula is C23H29F3N6O3. The van der Waals surface area contributed by atoms with Gasteiger partial charge in [-0.25, -0.2) is 19.7 Å². The molecule has 0 aliphatic carbocycles. The predicted octanol–water partition coefficient (Wildman–Crippen LogP) is 5.14. The summed E-state index contributed by atoms with van der Waals surface area (Å²) in [6.07, 6.45) is 3.82. The topological polar surface area (TPSA) is 97.8 Å². The molecule has 1 unspecified atom stereocenters. The van der Waals surface area contributed by atoms with E-state index < -0.39 is 30.7 Å². The van der Waals surface area contributed by atoms with Crippen molar-refractivity contribution in [1.82, 2.24) is 29.6 Å². The number of alkyl halides is 3. The summed E-state index contributed by atoms with van der Waals surface area (Å²) in [5.74, 6) is 1.05. The van der Waals surface area contributed by atoms with E-state index in [4.69, 9.17) is 9.15 Å². The smallest absolute Gasteiger partial charge is 0.389 e. The molecule has 9 nitrogen and oxygen atoms in total. The first kappa shape index (κ1) is 24.8. The monoisotopic (exact) mass is 494 g/mol. The molecule has 0 radical (unpaired) electrons. The number of fused-ring (bicyclic) bond motifs is 7. The molecule has 12 heteroatoms. The molecule has 4 bridgehead atoms. The van der Waals surface area contributed by atoms with Gasteiger partial charge in [0.15, 0.2) is 5.76 Å². The van der Waals surface area contributed by atoms with Crippen molar-refractivity contribution in [2.24, 2.45) is 0 Å². The molecule has 4 heterocycles. The van der Waals surface area contributed by atoms with Gasteiger partial charge >= 0.3 is 12.2 Å². The minimum atomic E-state index is -4.28. The van der Waals surface area contributed by atoms with Gasteiger partial charge in [0.1, 0.15) is 11.7 Å². The van der Waals surface area contributed by atoms with E-state index in [1.165, 1.54) is 11.1 Å². The second-order valence-electron chi connectivity index (χ2n) is 8.61. The molecule has 190 valence electrons. The average molecular weight is 495 g/mol. The fourth-order valence-corrected chi connectivity index (χ4v) is 4.17. The van der Waals surface area contributed by atoms with Crippen LogP contribution in [0.5, 0.6) is 5.88 Å². The molecule has 0 saturated heterocycles. The molecule has 0 fully saturated rings. The number of carbonyl (C=O) groups excluding carboxylic acids is 1. The Bertz CT molecular complexity index is 1150. The molecule has 0 saturated carbocycles. The summed E-state index contributed by atoms with van der Waals surface area (Å²) in [7, 11) is 0. The molecule has 35 heavy (non-hydrogen) atoms. The lowest BCUT2D eigenvalue weighted by Crippen LogP contribution is -2.46. The van der Waals surface area contributed by atoms with Gasteiger partial charge in [0, 0.05) is 37.6 Å². The van der Waals surface area contributed by atoms with Crippen LogP contribution in [0.4, 0.5) is 18.0 Å². The quantitative estimate of drug-likeness (QED) is 0.542. The van der Waals surface area contributed by atoms with Crippen molar-refractivity contribution in [3.8, 4) is 17.3 Å². The number of nitrogens with one attached hydrogen (secondary N) is 1. The van der Waals surface area contributed by atoms with E-state index in [9.17, 15) is 18.0 Å².